The quantitative estimate of drug-likeness (QED) is 0.180. The topological polar surface area (TPSA) is 224 Å². The Morgan fingerprint density at radius 1 is 1.32 bits per heavy atom. The molecule has 14 nitrogen and oxygen atoms in total. The lowest BCUT2D eigenvalue weighted by Gasteiger charge is -2.19. The average molecular weight is 419 g/mol. The standard InChI is InChI=1S/C13H22N7O7P/c14-2-1-3-16-13-19-7-10(15)17-5-18-11(7)20(13)12-9(22)8(21)6(27-12)4-26-28(23,24)25/h5-6,8-9,12,21-22H,1-4,14H2,(H,16,19)(H2,15,17,18)(H2,23,24,25)/t6-,8-,9-,12-/m1/s1. The number of nitrogens with one attached hydrogen (secondary N) is 1. The highest BCUT2D eigenvalue weighted by molar-refractivity contribution is 7.46. The van der Waals surface area contributed by atoms with Crippen LogP contribution in [-0.2, 0) is 13.8 Å². The molecule has 0 bridgehead atoms. The summed E-state index contributed by atoms with van der Waals surface area (Å²) in [6.45, 7) is 0.278. The van der Waals surface area contributed by atoms with Crippen molar-refractivity contribution in [2.75, 3.05) is 30.7 Å². The van der Waals surface area contributed by atoms with Gasteiger partial charge in [-0.1, -0.05) is 0 Å². The summed E-state index contributed by atoms with van der Waals surface area (Å²) in [5, 5.41) is 23.7. The lowest BCUT2D eigenvalue weighted by atomic mass is 10.1. The maximum Gasteiger partial charge on any atom is 0.469 e. The van der Waals surface area contributed by atoms with Gasteiger partial charge >= 0.3 is 7.82 Å². The third-order valence-corrected chi connectivity index (χ3v) is 4.65. The van der Waals surface area contributed by atoms with Crippen molar-refractivity contribution in [3.63, 3.8) is 0 Å². The van der Waals surface area contributed by atoms with Crippen LogP contribution in [0.4, 0.5) is 11.8 Å². The molecular formula is C13H22N7O7P. The third-order valence-electron chi connectivity index (χ3n) is 4.17. The van der Waals surface area contributed by atoms with Crippen molar-refractivity contribution in [3.8, 4) is 0 Å². The highest BCUT2D eigenvalue weighted by Crippen LogP contribution is 2.39. The molecule has 0 aliphatic carbocycles. The summed E-state index contributed by atoms with van der Waals surface area (Å²) in [5.41, 5.74) is 11.8. The van der Waals surface area contributed by atoms with Crippen LogP contribution in [0.3, 0.4) is 0 Å². The number of ether oxygens (including phenoxy) is 1. The molecule has 9 N–H and O–H groups in total. The molecule has 1 aliphatic heterocycles. The van der Waals surface area contributed by atoms with Crippen LogP contribution in [0.1, 0.15) is 12.6 Å². The first-order chi connectivity index (χ1) is 13.2. The SMILES string of the molecule is NCCCNc1nc2c(N)ncnc2n1[C@@H]1O[C@H](COP(=O)(O)O)[C@@H](O)[C@H]1O. The molecule has 15 heteroatoms. The molecule has 1 aliphatic rings. The highest BCUT2D eigenvalue weighted by atomic mass is 31.2. The number of rotatable bonds is 8. The third kappa shape index (κ3) is 4.24. The number of phosphoric ester groups is 1. The van der Waals surface area contributed by atoms with Crippen molar-refractivity contribution in [1.29, 1.82) is 0 Å². The molecule has 1 fully saturated rings. The van der Waals surface area contributed by atoms with Gasteiger partial charge in [0.25, 0.3) is 0 Å². The summed E-state index contributed by atoms with van der Waals surface area (Å²) >= 11 is 0. The molecule has 3 heterocycles. The normalized spacial score (nSPS) is 25.5. The zero-order chi connectivity index (χ0) is 20.5. The Bertz CT molecular complexity index is 874. The Hall–Kier alpha value is -1.90. The van der Waals surface area contributed by atoms with Crippen LogP contribution in [0, 0.1) is 0 Å². The van der Waals surface area contributed by atoms with Gasteiger partial charge in [-0.2, -0.15) is 0 Å². The minimum atomic E-state index is -4.77. The Morgan fingerprint density at radius 3 is 2.75 bits per heavy atom. The van der Waals surface area contributed by atoms with Crippen molar-refractivity contribution in [2.24, 2.45) is 5.73 Å². The fraction of sp³-hybridized carbons (Fsp3) is 0.615. The molecule has 3 rings (SSSR count). The van der Waals surface area contributed by atoms with E-state index < -0.39 is 39.0 Å². The first-order valence-corrected chi connectivity index (χ1v) is 9.90. The van der Waals surface area contributed by atoms with Gasteiger partial charge in [-0.05, 0) is 13.0 Å². The molecular weight excluding hydrogens is 397 g/mol. The molecule has 0 spiro atoms. The number of nitrogens with zero attached hydrogens (tertiary/aromatic N) is 4. The van der Waals surface area contributed by atoms with Crippen LogP contribution in [0.5, 0.6) is 0 Å². The Morgan fingerprint density at radius 2 is 2.07 bits per heavy atom. The number of aromatic nitrogens is 4. The fourth-order valence-electron chi connectivity index (χ4n) is 2.84. The number of nitrogen functional groups attached to an aromatic ring is 1. The number of imidazole rings is 1. The number of phosphoric acid groups is 1. The summed E-state index contributed by atoms with van der Waals surface area (Å²) in [6, 6.07) is 0. The first-order valence-electron chi connectivity index (χ1n) is 8.37. The molecule has 2 aromatic rings. The zero-order valence-electron chi connectivity index (χ0n) is 14.6. The van der Waals surface area contributed by atoms with Crippen LogP contribution in [-0.4, -0.2) is 77.5 Å². The number of hydrogen-bond acceptors (Lipinski definition) is 11. The van der Waals surface area contributed by atoms with Gasteiger partial charge in [-0.15, -0.1) is 0 Å². The second-order valence-corrected chi connectivity index (χ2v) is 7.38. The molecule has 0 saturated carbocycles. The van der Waals surface area contributed by atoms with E-state index in [1.54, 1.807) is 0 Å². The van der Waals surface area contributed by atoms with Crippen molar-refractivity contribution in [2.45, 2.75) is 31.0 Å². The van der Waals surface area contributed by atoms with E-state index in [0.717, 1.165) is 0 Å². The van der Waals surface area contributed by atoms with Gasteiger partial charge in [0.05, 0.1) is 6.61 Å². The van der Waals surface area contributed by atoms with Gasteiger partial charge in [-0.3, -0.25) is 9.09 Å². The molecule has 2 aromatic heterocycles. The zero-order valence-corrected chi connectivity index (χ0v) is 15.5. The number of aliphatic hydroxyl groups excluding tert-OH is 2. The van der Waals surface area contributed by atoms with Crippen LogP contribution >= 0.6 is 7.82 Å². The summed E-state index contributed by atoms with van der Waals surface area (Å²) in [4.78, 5) is 30.0. The molecule has 4 atom stereocenters. The van der Waals surface area contributed by atoms with Crippen LogP contribution in [0.15, 0.2) is 6.33 Å². The Balaban J connectivity index is 1.93. The van der Waals surface area contributed by atoms with Gasteiger partial charge < -0.3 is 41.5 Å². The van der Waals surface area contributed by atoms with Crippen molar-refractivity contribution in [3.05, 3.63) is 6.33 Å². The lowest BCUT2D eigenvalue weighted by molar-refractivity contribution is -0.0494. The number of fused-ring (bicyclic) bond motifs is 1. The monoisotopic (exact) mass is 419 g/mol. The van der Waals surface area contributed by atoms with Crippen LogP contribution < -0.4 is 16.8 Å². The van der Waals surface area contributed by atoms with Gasteiger partial charge in [0.15, 0.2) is 23.2 Å². The molecule has 0 amide bonds. The maximum absolute atomic E-state index is 10.9. The van der Waals surface area contributed by atoms with Gasteiger partial charge in [0, 0.05) is 6.54 Å². The number of aliphatic hydroxyl groups is 2. The van der Waals surface area contributed by atoms with E-state index >= 15 is 0 Å². The first kappa shape index (κ1) is 20.8. The summed E-state index contributed by atoms with van der Waals surface area (Å²) in [6.07, 6.45) is -3.42. The number of nitrogens with two attached hydrogens (primary N) is 2. The summed E-state index contributed by atoms with van der Waals surface area (Å²) in [7, 11) is -4.77. The minimum absolute atomic E-state index is 0.111. The number of anilines is 2. The molecule has 156 valence electrons. The van der Waals surface area contributed by atoms with Crippen molar-refractivity contribution in [1.82, 2.24) is 19.5 Å². The average Bonchev–Trinajstić information content (AvgIpc) is 3.12. The minimum Gasteiger partial charge on any atom is -0.387 e. The number of hydrogen-bond donors (Lipinski definition) is 7. The maximum atomic E-state index is 10.9. The Kier molecular flexibility index (Phi) is 6.12. The van der Waals surface area contributed by atoms with E-state index in [9.17, 15) is 14.8 Å². The molecule has 1 saturated heterocycles. The van der Waals surface area contributed by atoms with Gasteiger partial charge in [-0.25, -0.2) is 19.5 Å². The smallest absolute Gasteiger partial charge is 0.387 e. The second-order valence-electron chi connectivity index (χ2n) is 6.14. The highest BCUT2D eigenvalue weighted by Gasteiger charge is 2.46. The summed E-state index contributed by atoms with van der Waals surface area (Å²) < 4.78 is 22.3. The van der Waals surface area contributed by atoms with Crippen LogP contribution in [0.25, 0.3) is 11.2 Å². The lowest BCUT2D eigenvalue weighted by Crippen LogP contribution is -2.33. The molecule has 28 heavy (non-hydrogen) atoms. The van der Waals surface area contributed by atoms with E-state index in [1.165, 1.54) is 10.9 Å². The van der Waals surface area contributed by atoms with Gasteiger partial charge in [0.1, 0.15) is 24.6 Å². The Labute approximate surface area is 158 Å². The van der Waals surface area contributed by atoms with Crippen LogP contribution in [0.2, 0.25) is 0 Å². The van der Waals surface area contributed by atoms with E-state index in [-0.39, 0.29) is 22.9 Å². The van der Waals surface area contributed by atoms with Crippen molar-refractivity contribution < 1.29 is 33.8 Å². The van der Waals surface area contributed by atoms with E-state index in [2.05, 4.69) is 24.8 Å². The van der Waals surface area contributed by atoms with E-state index in [4.69, 9.17) is 26.0 Å². The largest absolute Gasteiger partial charge is 0.469 e. The summed E-state index contributed by atoms with van der Waals surface area (Å²) in [5.74, 6) is 0.364. The molecule has 0 aromatic carbocycles. The molecule has 0 unspecified atom stereocenters. The predicted octanol–water partition coefficient (Wildman–Crippen LogP) is -2.10. The van der Waals surface area contributed by atoms with Gasteiger partial charge in [0.2, 0.25) is 5.95 Å². The van der Waals surface area contributed by atoms with E-state index in [1.807, 2.05) is 0 Å². The predicted molar refractivity (Wildman–Crippen MR) is 95.8 cm³/mol. The second kappa shape index (κ2) is 8.23. The van der Waals surface area contributed by atoms with E-state index in [0.29, 0.717) is 19.5 Å². The fourth-order valence-corrected chi connectivity index (χ4v) is 3.19. The molecule has 0 radical (unpaired) electrons. The van der Waals surface area contributed by atoms with Crippen molar-refractivity contribution >= 4 is 30.8 Å².